The zero-order valence-corrected chi connectivity index (χ0v) is 7.70. The van der Waals surface area contributed by atoms with Crippen molar-refractivity contribution in [1.82, 2.24) is 10.3 Å². The summed E-state index contributed by atoms with van der Waals surface area (Å²) < 4.78 is 0. The summed E-state index contributed by atoms with van der Waals surface area (Å²) in [6.45, 7) is 2.79. The van der Waals surface area contributed by atoms with E-state index in [4.69, 9.17) is 5.26 Å². The zero-order valence-electron chi connectivity index (χ0n) is 7.70. The summed E-state index contributed by atoms with van der Waals surface area (Å²) in [7, 11) is 0. The summed E-state index contributed by atoms with van der Waals surface area (Å²) in [4.78, 5) is 4.03. The minimum atomic E-state index is 0.266. The van der Waals surface area contributed by atoms with Gasteiger partial charge in [0.2, 0.25) is 0 Å². The van der Waals surface area contributed by atoms with Gasteiger partial charge in [0.05, 0.1) is 6.07 Å². The molecule has 0 saturated carbocycles. The van der Waals surface area contributed by atoms with Crippen LogP contribution >= 0.6 is 0 Å². The molecule has 0 radical (unpaired) electrons. The maximum absolute atomic E-state index is 8.35. The van der Waals surface area contributed by atoms with Crippen LogP contribution in [0.1, 0.15) is 24.9 Å². The molecule has 1 aromatic rings. The third-order valence-corrected chi connectivity index (χ3v) is 1.87. The molecule has 0 saturated heterocycles. The highest BCUT2D eigenvalue weighted by molar-refractivity contribution is 5.12. The van der Waals surface area contributed by atoms with Crippen LogP contribution in [0.2, 0.25) is 0 Å². The van der Waals surface area contributed by atoms with Crippen LogP contribution in [0.3, 0.4) is 0 Å². The molecule has 0 fully saturated rings. The first kappa shape index (κ1) is 9.69. The van der Waals surface area contributed by atoms with Gasteiger partial charge in [0, 0.05) is 31.4 Å². The topological polar surface area (TPSA) is 48.7 Å². The molecule has 68 valence electrons. The van der Waals surface area contributed by atoms with E-state index in [-0.39, 0.29) is 6.04 Å². The molecular formula is C10H13N3. The molecule has 3 nitrogen and oxygen atoms in total. The Morgan fingerprint density at radius 3 is 3.15 bits per heavy atom. The van der Waals surface area contributed by atoms with Gasteiger partial charge in [-0.25, -0.2) is 0 Å². The predicted molar refractivity (Wildman–Crippen MR) is 50.9 cm³/mol. The van der Waals surface area contributed by atoms with Crippen LogP contribution in [0.4, 0.5) is 0 Å². The molecule has 1 atom stereocenters. The van der Waals surface area contributed by atoms with Crippen LogP contribution in [0.25, 0.3) is 0 Å². The second-order valence-corrected chi connectivity index (χ2v) is 2.87. The van der Waals surface area contributed by atoms with E-state index in [0.717, 1.165) is 12.1 Å². The summed E-state index contributed by atoms with van der Waals surface area (Å²) in [6, 6.07) is 6.30. The number of hydrogen-bond donors (Lipinski definition) is 1. The second kappa shape index (κ2) is 5.28. The van der Waals surface area contributed by atoms with E-state index in [9.17, 15) is 0 Å². The lowest BCUT2D eigenvalue weighted by Gasteiger charge is -2.11. The Hall–Kier alpha value is -1.40. The fraction of sp³-hybridized carbons (Fsp3) is 0.400. The Labute approximate surface area is 78.4 Å². The molecular weight excluding hydrogens is 162 g/mol. The summed E-state index contributed by atoms with van der Waals surface area (Å²) in [6.07, 6.45) is 4.14. The monoisotopic (exact) mass is 175 g/mol. The molecule has 0 amide bonds. The molecule has 0 aliphatic carbocycles. The minimum absolute atomic E-state index is 0.266. The SMILES string of the molecule is C[C@@H](NCCC#N)c1cccnc1. The van der Waals surface area contributed by atoms with Gasteiger partial charge in [-0.3, -0.25) is 4.98 Å². The second-order valence-electron chi connectivity index (χ2n) is 2.87. The van der Waals surface area contributed by atoms with Crippen molar-refractivity contribution in [2.24, 2.45) is 0 Å². The van der Waals surface area contributed by atoms with Crippen molar-refractivity contribution in [3.8, 4) is 6.07 Å². The predicted octanol–water partition coefficient (Wildman–Crippen LogP) is 1.65. The molecule has 0 aromatic carbocycles. The molecule has 0 aliphatic heterocycles. The van der Waals surface area contributed by atoms with Crippen LogP contribution < -0.4 is 5.32 Å². The smallest absolute Gasteiger partial charge is 0.0635 e. The van der Waals surface area contributed by atoms with Crippen molar-refractivity contribution in [2.75, 3.05) is 6.54 Å². The van der Waals surface area contributed by atoms with E-state index in [0.29, 0.717) is 6.42 Å². The largest absolute Gasteiger partial charge is 0.309 e. The first-order chi connectivity index (χ1) is 6.34. The maximum Gasteiger partial charge on any atom is 0.0635 e. The summed E-state index contributed by atoms with van der Waals surface area (Å²) in [5.74, 6) is 0. The van der Waals surface area contributed by atoms with Crippen LogP contribution in [-0.2, 0) is 0 Å². The minimum Gasteiger partial charge on any atom is -0.309 e. The van der Waals surface area contributed by atoms with Crippen molar-refractivity contribution in [1.29, 1.82) is 5.26 Å². The van der Waals surface area contributed by atoms with Gasteiger partial charge in [0.15, 0.2) is 0 Å². The maximum atomic E-state index is 8.35. The van der Waals surface area contributed by atoms with Crippen LogP contribution in [0.15, 0.2) is 24.5 Å². The van der Waals surface area contributed by atoms with E-state index < -0.39 is 0 Å². The number of nitrogens with zero attached hydrogens (tertiary/aromatic N) is 2. The van der Waals surface area contributed by atoms with Crippen molar-refractivity contribution < 1.29 is 0 Å². The fourth-order valence-corrected chi connectivity index (χ4v) is 1.09. The van der Waals surface area contributed by atoms with E-state index in [1.54, 1.807) is 6.20 Å². The third-order valence-electron chi connectivity index (χ3n) is 1.87. The van der Waals surface area contributed by atoms with Gasteiger partial charge < -0.3 is 5.32 Å². The average Bonchev–Trinajstić information content (AvgIpc) is 2.19. The zero-order chi connectivity index (χ0) is 9.52. The van der Waals surface area contributed by atoms with Gasteiger partial charge >= 0.3 is 0 Å². The molecule has 3 heteroatoms. The highest BCUT2D eigenvalue weighted by atomic mass is 14.9. The number of nitriles is 1. The molecule has 0 unspecified atom stereocenters. The summed E-state index contributed by atoms with van der Waals surface area (Å²) in [5, 5.41) is 11.6. The van der Waals surface area contributed by atoms with E-state index in [1.807, 2.05) is 18.3 Å². The number of nitrogens with one attached hydrogen (secondary N) is 1. The van der Waals surface area contributed by atoms with Crippen molar-refractivity contribution >= 4 is 0 Å². The molecule has 13 heavy (non-hydrogen) atoms. The Bertz CT molecular complexity index is 276. The molecule has 0 aliphatic rings. The molecule has 1 aromatic heterocycles. The first-order valence-electron chi connectivity index (χ1n) is 4.35. The molecule has 1 rings (SSSR count). The van der Waals surface area contributed by atoms with Gasteiger partial charge in [-0.2, -0.15) is 5.26 Å². The third kappa shape index (κ3) is 3.22. The number of rotatable bonds is 4. The summed E-state index contributed by atoms with van der Waals surface area (Å²) >= 11 is 0. The molecule has 1 N–H and O–H groups in total. The van der Waals surface area contributed by atoms with Crippen LogP contribution in [-0.4, -0.2) is 11.5 Å². The van der Waals surface area contributed by atoms with Gasteiger partial charge in [0.1, 0.15) is 0 Å². The van der Waals surface area contributed by atoms with Crippen LogP contribution in [0, 0.1) is 11.3 Å². The molecule has 1 heterocycles. The lowest BCUT2D eigenvalue weighted by atomic mass is 10.1. The Morgan fingerprint density at radius 1 is 1.69 bits per heavy atom. The van der Waals surface area contributed by atoms with E-state index in [1.165, 1.54) is 0 Å². The lowest BCUT2D eigenvalue weighted by molar-refractivity contribution is 0.581. The number of pyridine rings is 1. The molecule has 0 spiro atoms. The van der Waals surface area contributed by atoms with E-state index in [2.05, 4.69) is 23.3 Å². The van der Waals surface area contributed by atoms with Crippen molar-refractivity contribution in [3.05, 3.63) is 30.1 Å². The van der Waals surface area contributed by atoms with Gasteiger partial charge in [-0.1, -0.05) is 6.07 Å². The lowest BCUT2D eigenvalue weighted by Crippen LogP contribution is -2.19. The number of aromatic nitrogens is 1. The van der Waals surface area contributed by atoms with Gasteiger partial charge in [-0.15, -0.1) is 0 Å². The molecule has 0 bridgehead atoms. The highest BCUT2D eigenvalue weighted by Gasteiger charge is 2.02. The van der Waals surface area contributed by atoms with Crippen molar-refractivity contribution in [3.63, 3.8) is 0 Å². The van der Waals surface area contributed by atoms with Gasteiger partial charge in [0.25, 0.3) is 0 Å². The van der Waals surface area contributed by atoms with Crippen LogP contribution in [0.5, 0.6) is 0 Å². The van der Waals surface area contributed by atoms with E-state index >= 15 is 0 Å². The van der Waals surface area contributed by atoms with Crippen molar-refractivity contribution in [2.45, 2.75) is 19.4 Å². The number of hydrogen-bond acceptors (Lipinski definition) is 3. The van der Waals surface area contributed by atoms with Gasteiger partial charge in [-0.05, 0) is 18.6 Å². The highest BCUT2D eigenvalue weighted by Crippen LogP contribution is 2.08. The summed E-state index contributed by atoms with van der Waals surface area (Å²) in [5.41, 5.74) is 1.15. The normalized spacial score (nSPS) is 12.0. The first-order valence-corrected chi connectivity index (χ1v) is 4.35. The Morgan fingerprint density at radius 2 is 2.54 bits per heavy atom. The quantitative estimate of drug-likeness (QED) is 0.708. The average molecular weight is 175 g/mol. The standard InChI is InChI=1S/C10H13N3/c1-9(13-7-3-5-11)10-4-2-6-12-8-10/h2,4,6,8-9,13H,3,7H2,1H3/t9-/m1/s1. The Balaban J connectivity index is 2.41. The fourth-order valence-electron chi connectivity index (χ4n) is 1.09. The Kier molecular flexibility index (Phi) is 3.94.